The van der Waals surface area contributed by atoms with Gasteiger partial charge in [-0.1, -0.05) is 25.5 Å². The molecule has 0 spiro atoms. The lowest BCUT2D eigenvalue weighted by Gasteiger charge is -2.17. The van der Waals surface area contributed by atoms with E-state index in [-0.39, 0.29) is 11.9 Å². The molecule has 1 fully saturated rings. The summed E-state index contributed by atoms with van der Waals surface area (Å²) in [6.45, 7) is 5.49. The summed E-state index contributed by atoms with van der Waals surface area (Å²) in [5, 5.41) is 3.52. The molecule has 94 valence electrons. The molecule has 1 aromatic rings. The van der Waals surface area contributed by atoms with E-state index in [1.165, 1.54) is 25.3 Å². The van der Waals surface area contributed by atoms with Crippen LogP contribution in [0.1, 0.15) is 44.7 Å². The predicted molar refractivity (Wildman–Crippen MR) is 69.3 cm³/mol. The van der Waals surface area contributed by atoms with Crippen molar-refractivity contribution in [1.29, 1.82) is 0 Å². The Hall–Kier alpha value is -0.890. The zero-order valence-electron chi connectivity index (χ0n) is 10.7. The second-order valence-corrected chi connectivity index (χ2v) is 5.47. The van der Waals surface area contributed by atoms with Crippen molar-refractivity contribution in [2.24, 2.45) is 11.8 Å². The molecule has 1 aliphatic rings. The average Bonchev–Trinajstić information content (AvgIpc) is 2.72. The largest absolute Gasteiger partial charge is 0.310 e. The summed E-state index contributed by atoms with van der Waals surface area (Å²) in [4.78, 5) is 0. The number of hydrogen-bond acceptors (Lipinski definition) is 1. The molecule has 0 radical (unpaired) electrons. The van der Waals surface area contributed by atoms with Crippen LogP contribution in [0.4, 0.5) is 4.39 Å². The molecule has 0 aliphatic heterocycles. The Morgan fingerprint density at radius 1 is 1.41 bits per heavy atom. The first-order valence-electron chi connectivity index (χ1n) is 6.64. The summed E-state index contributed by atoms with van der Waals surface area (Å²) in [5.41, 5.74) is 1.04. The van der Waals surface area contributed by atoms with Crippen molar-refractivity contribution in [2.45, 2.75) is 39.2 Å². The van der Waals surface area contributed by atoms with E-state index in [0.717, 1.165) is 23.9 Å². The fourth-order valence-electron chi connectivity index (χ4n) is 2.75. The minimum atomic E-state index is -0.148. The van der Waals surface area contributed by atoms with Crippen LogP contribution >= 0.6 is 0 Å². The standard InChI is InChI=1S/C15H22FN/c1-11-6-7-13(8-11)10-17-12(2)14-4-3-5-15(16)9-14/h3-5,9,11-13,17H,6-8,10H2,1-2H3. The lowest BCUT2D eigenvalue weighted by atomic mass is 10.0. The summed E-state index contributed by atoms with van der Waals surface area (Å²) < 4.78 is 13.1. The number of hydrogen-bond donors (Lipinski definition) is 1. The Kier molecular flexibility index (Phi) is 4.16. The third kappa shape index (κ3) is 3.53. The number of halogens is 1. The molecule has 2 rings (SSSR count). The van der Waals surface area contributed by atoms with E-state index >= 15 is 0 Å². The molecule has 3 unspecified atom stereocenters. The van der Waals surface area contributed by atoms with Gasteiger partial charge in [-0.15, -0.1) is 0 Å². The van der Waals surface area contributed by atoms with Gasteiger partial charge in [0.1, 0.15) is 5.82 Å². The van der Waals surface area contributed by atoms with Crippen LogP contribution in [-0.2, 0) is 0 Å². The SMILES string of the molecule is CC1CCC(CNC(C)c2cccc(F)c2)C1. The van der Waals surface area contributed by atoms with Crippen molar-refractivity contribution in [2.75, 3.05) is 6.54 Å². The van der Waals surface area contributed by atoms with Gasteiger partial charge in [-0.05, 0) is 55.8 Å². The minimum absolute atomic E-state index is 0.148. The van der Waals surface area contributed by atoms with Crippen molar-refractivity contribution in [3.05, 3.63) is 35.6 Å². The van der Waals surface area contributed by atoms with Crippen LogP contribution in [0, 0.1) is 17.7 Å². The van der Waals surface area contributed by atoms with Crippen LogP contribution < -0.4 is 5.32 Å². The normalized spacial score (nSPS) is 26.1. The zero-order valence-corrected chi connectivity index (χ0v) is 10.7. The fraction of sp³-hybridized carbons (Fsp3) is 0.600. The van der Waals surface area contributed by atoms with Crippen molar-refractivity contribution in [3.8, 4) is 0 Å². The van der Waals surface area contributed by atoms with E-state index in [0.29, 0.717) is 0 Å². The number of nitrogens with one attached hydrogen (secondary N) is 1. The first kappa shape index (κ1) is 12.6. The second kappa shape index (κ2) is 5.63. The monoisotopic (exact) mass is 235 g/mol. The summed E-state index contributed by atoms with van der Waals surface area (Å²) in [5.74, 6) is 1.54. The first-order chi connectivity index (χ1) is 8.15. The molecule has 0 aromatic heterocycles. The van der Waals surface area contributed by atoms with E-state index in [2.05, 4.69) is 19.2 Å². The van der Waals surface area contributed by atoms with Crippen LogP contribution in [0.25, 0.3) is 0 Å². The number of rotatable bonds is 4. The van der Waals surface area contributed by atoms with Gasteiger partial charge in [0.25, 0.3) is 0 Å². The third-order valence-corrected chi connectivity index (χ3v) is 3.86. The molecular weight excluding hydrogens is 213 g/mol. The highest BCUT2D eigenvalue weighted by Gasteiger charge is 2.21. The van der Waals surface area contributed by atoms with Gasteiger partial charge < -0.3 is 5.32 Å². The van der Waals surface area contributed by atoms with Gasteiger partial charge >= 0.3 is 0 Å². The van der Waals surface area contributed by atoms with Gasteiger partial charge in [0.2, 0.25) is 0 Å². The smallest absolute Gasteiger partial charge is 0.123 e. The van der Waals surface area contributed by atoms with Crippen LogP contribution in [0.3, 0.4) is 0 Å². The average molecular weight is 235 g/mol. The highest BCUT2D eigenvalue weighted by Crippen LogP contribution is 2.30. The fourth-order valence-corrected chi connectivity index (χ4v) is 2.75. The van der Waals surface area contributed by atoms with Crippen LogP contribution in [0.15, 0.2) is 24.3 Å². The quantitative estimate of drug-likeness (QED) is 0.834. The topological polar surface area (TPSA) is 12.0 Å². The summed E-state index contributed by atoms with van der Waals surface area (Å²) >= 11 is 0. The molecule has 17 heavy (non-hydrogen) atoms. The van der Waals surface area contributed by atoms with Crippen molar-refractivity contribution in [3.63, 3.8) is 0 Å². The molecule has 0 heterocycles. The lowest BCUT2D eigenvalue weighted by molar-refractivity contribution is 0.439. The maximum absolute atomic E-state index is 13.1. The van der Waals surface area contributed by atoms with E-state index < -0.39 is 0 Å². The molecule has 1 N–H and O–H groups in total. The zero-order chi connectivity index (χ0) is 12.3. The van der Waals surface area contributed by atoms with Gasteiger partial charge in [-0.25, -0.2) is 4.39 Å². The molecule has 0 saturated heterocycles. The van der Waals surface area contributed by atoms with Crippen LogP contribution in [-0.4, -0.2) is 6.54 Å². The van der Waals surface area contributed by atoms with Crippen molar-refractivity contribution >= 4 is 0 Å². The van der Waals surface area contributed by atoms with E-state index in [9.17, 15) is 4.39 Å². The van der Waals surface area contributed by atoms with Crippen LogP contribution in [0.2, 0.25) is 0 Å². The van der Waals surface area contributed by atoms with E-state index in [4.69, 9.17) is 0 Å². The lowest BCUT2D eigenvalue weighted by Crippen LogP contribution is -2.24. The van der Waals surface area contributed by atoms with E-state index in [1.807, 2.05) is 6.07 Å². The van der Waals surface area contributed by atoms with Gasteiger partial charge in [0, 0.05) is 6.04 Å². The minimum Gasteiger partial charge on any atom is -0.310 e. The van der Waals surface area contributed by atoms with E-state index in [1.54, 1.807) is 12.1 Å². The molecule has 3 atom stereocenters. The molecule has 1 nitrogen and oxygen atoms in total. The third-order valence-electron chi connectivity index (χ3n) is 3.86. The van der Waals surface area contributed by atoms with Gasteiger partial charge in [-0.2, -0.15) is 0 Å². The maximum Gasteiger partial charge on any atom is 0.123 e. The second-order valence-electron chi connectivity index (χ2n) is 5.47. The summed E-state index contributed by atoms with van der Waals surface area (Å²) in [6, 6.07) is 7.11. The van der Waals surface area contributed by atoms with Gasteiger partial charge in [0.15, 0.2) is 0 Å². The maximum atomic E-state index is 13.1. The summed E-state index contributed by atoms with van der Waals surface area (Å²) in [7, 11) is 0. The Bertz CT molecular complexity index is 364. The first-order valence-corrected chi connectivity index (χ1v) is 6.64. The highest BCUT2D eigenvalue weighted by atomic mass is 19.1. The Morgan fingerprint density at radius 2 is 2.24 bits per heavy atom. The molecule has 0 bridgehead atoms. The summed E-state index contributed by atoms with van der Waals surface area (Å²) in [6.07, 6.45) is 4.04. The predicted octanol–water partition coefficient (Wildman–Crippen LogP) is 3.91. The highest BCUT2D eigenvalue weighted by molar-refractivity contribution is 5.19. The molecule has 1 aromatic carbocycles. The molecule has 2 heteroatoms. The molecule has 1 aliphatic carbocycles. The molecular formula is C15H22FN. The molecule has 0 amide bonds. The van der Waals surface area contributed by atoms with Gasteiger partial charge in [-0.3, -0.25) is 0 Å². The van der Waals surface area contributed by atoms with Crippen molar-refractivity contribution in [1.82, 2.24) is 5.32 Å². The van der Waals surface area contributed by atoms with Crippen molar-refractivity contribution < 1.29 is 4.39 Å². The van der Waals surface area contributed by atoms with Gasteiger partial charge in [0.05, 0.1) is 0 Å². The Labute approximate surface area is 103 Å². The van der Waals surface area contributed by atoms with Crippen LogP contribution in [0.5, 0.6) is 0 Å². The Morgan fingerprint density at radius 3 is 2.88 bits per heavy atom. The molecule has 1 saturated carbocycles. The Balaban J connectivity index is 1.83. The number of benzene rings is 1.